The van der Waals surface area contributed by atoms with Crippen LogP contribution in [0.15, 0.2) is 30.3 Å². The molecular weight excluding hydrogens is 222 g/mol. The van der Waals surface area contributed by atoms with Crippen molar-refractivity contribution < 1.29 is 4.79 Å². The van der Waals surface area contributed by atoms with Gasteiger partial charge in [0.2, 0.25) is 5.91 Å². The summed E-state index contributed by atoms with van der Waals surface area (Å²) in [7, 11) is 0. The predicted octanol–water partition coefficient (Wildman–Crippen LogP) is 3.83. The first kappa shape index (κ1) is 13.1. The van der Waals surface area contributed by atoms with Crippen molar-refractivity contribution in [3.8, 4) is 0 Å². The van der Waals surface area contributed by atoms with Gasteiger partial charge in [-0.2, -0.15) is 0 Å². The van der Waals surface area contributed by atoms with Crippen LogP contribution in [-0.2, 0) is 4.79 Å². The van der Waals surface area contributed by atoms with Gasteiger partial charge in [-0.25, -0.2) is 0 Å². The van der Waals surface area contributed by atoms with E-state index in [0.29, 0.717) is 0 Å². The molecule has 0 heterocycles. The van der Waals surface area contributed by atoms with Gasteiger partial charge >= 0.3 is 0 Å². The molecule has 1 aliphatic rings. The minimum absolute atomic E-state index is 0.0691. The molecule has 1 saturated carbocycles. The second-order valence-electron chi connectivity index (χ2n) is 5.40. The topological polar surface area (TPSA) is 29.1 Å². The van der Waals surface area contributed by atoms with Gasteiger partial charge in [-0.15, -0.1) is 0 Å². The molecule has 2 nitrogen and oxygen atoms in total. The molecule has 1 amide bonds. The molecule has 98 valence electrons. The molecule has 0 aliphatic heterocycles. The lowest BCUT2D eigenvalue weighted by molar-refractivity contribution is -0.119. The molecule has 1 atom stereocenters. The fourth-order valence-corrected chi connectivity index (χ4v) is 2.97. The molecule has 18 heavy (non-hydrogen) atoms. The first-order valence-electron chi connectivity index (χ1n) is 7.08. The normalized spacial score (nSPS) is 18.3. The lowest BCUT2D eigenvalue weighted by Crippen LogP contribution is -2.28. The van der Waals surface area contributed by atoms with Crippen LogP contribution >= 0.6 is 0 Å². The van der Waals surface area contributed by atoms with Crippen molar-refractivity contribution in [1.82, 2.24) is 5.32 Å². The fraction of sp³-hybridized carbons (Fsp3) is 0.562. The minimum Gasteiger partial charge on any atom is -0.350 e. The van der Waals surface area contributed by atoms with Crippen LogP contribution < -0.4 is 5.32 Å². The van der Waals surface area contributed by atoms with E-state index in [1.807, 2.05) is 18.2 Å². The van der Waals surface area contributed by atoms with Crippen molar-refractivity contribution in [1.29, 1.82) is 0 Å². The summed E-state index contributed by atoms with van der Waals surface area (Å²) >= 11 is 0. The Balaban J connectivity index is 2.02. The van der Waals surface area contributed by atoms with Crippen LogP contribution in [0.25, 0.3) is 0 Å². The molecule has 0 spiro atoms. The van der Waals surface area contributed by atoms with E-state index in [0.717, 1.165) is 12.3 Å². The molecule has 1 unspecified atom stereocenters. The van der Waals surface area contributed by atoms with E-state index in [9.17, 15) is 4.79 Å². The summed E-state index contributed by atoms with van der Waals surface area (Å²) < 4.78 is 0. The van der Waals surface area contributed by atoms with Crippen LogP contribution in [0.4, 0.5) is 0 Å². The molecule has 1 fully saturated rings. The number of hydrogen-bond acceptors (Lipinski definition) is 1. The van der Waals surface area contributed by atoms with Gasteiger partial charge in [0.25, 0.3) is 0 Å². The second kappa shape index (κ2) is 6.58. The largest absolute Gasteiger partial charge is 0.350 e. The first-order valence-corrected chi connectivity index (χ1v) is 7.08. The molecule has 1 N–H and O–H groups in total. The van der Waals surface area contributed by atoms with Crippen molar-refractivity contribution in [3.63, 3.8) is 0 Å². The van der Waals surface area contributed by atoms with E-state index >= 15 is 0 Å². The third kappa shape index (κ3) is 3.86. The molecule has 0 bridgehead atoms. The Morgan fingerprint density at radius 3 is 2.50 bits per heavy atom. The SMILES string of the molecule is CC(=O)NC(CC1CCCCC1)c1ccccc1. The maximum atomic E-state index is 11.4. The number of benzene rings is 1. The number of nitrogens with one attached hydrogen (secondary N) is 1. The third-order valence-electron chi connectivity index (χ3n) is 3.87. The van der Waals surface area contributed by atoms with E-state index in [4.69, 9.17) is 0 Å². The molecule has 1 aromatic carbocycles. The Kier molecular flexibility index (Phi) is 4.80. The Labute approximate surface area is 110 Å². The highest BCUT2D eigenvalue weighted by Gasteiger charge is 2.20. The highest BCUT2D eigenvalue weighted by molar-refractivity contribution is 5.73. The molecule has 2 rings (SSSR count). The lowest BCUT2D eigenvalue weighted by atomic mass is 9.83. The average molecular weight is 245 g/mol. The molecule has 2 heteroatoms. The summed E-state index contributed by atoms with van der Waals surface area (Å²) in [6.45, 7) is 1.61. The van der Waals surface area contributed by atoms with Crippen LogP contribution in [0.1, 0.15) is 57.1 Å². The Hall–Kier alpha value is -1.31. The fourth-order valence-electron chi connectivity index (χ4n) is 2.97. The van der Waals surface area contributed by atoms with E-state index < -0.39 is 0 Å². The summed E-state index contributed by atoms with van der Waals surface area (Å²) in [6.07, 6.45) is 7.82. The molecule has 1 aliphatic carbocycles. The zero-order valence-electron chi connectivity index (χ0n) is 11.2. The van der Waals surface area contributed by atoms with Crippen molar-refractivity contribution in [2.24, 2.45) is 5.92 Å². The number of amides is 1. The quantitative estimate of drug-likeness (QED) is 0.858. The maximum Gasteiger partial charge on any atom is 0.217 e. The second-order valence-corrected chi connectivity index (χ2v) is 5.40. The summed E-state index contributed by atoms with van der Waals surface area (Å²) in [4.78, 5) is 11.4. The van der Waals surface area contributed by atoms with Crippen LogP contribution in [0, 0.1) is 5.92 Å². The summed E-state index contributed by atoms with van der Waals surface area (Å²) in [5.74, 6) is 0.843. The van der Waals surface area contributed by atoms with Gasteiger partial charge in [0.15, 0.2) is 0 Å². The van der Waals surface area contributed by atoms with E-state index in [2.05, 4.69) is 17.4 Å². The van der Waals surface area contributed by atoms with Gasteiger partial charge in [-0.3, -0.25) is 4.79 Å². The zero-order chi connectivity index (χ0) is 12.8. The van der Waals surface area contributed by atoms with Crippen molar-refractivity contribution in [2.75, 3.05) is 0 Å². The van der Waals surface area contributed by atoms with E-state index in [-0.39, 0.29) is 11.9 Å². The zero-order valence-corrected chi connectivity index (χ0v) is 11.2. The number of rotatable bonds is 4. The van der Waals surface area contributed by atoms with Crippen molar-refractivity contribution in [3.05, 3.63) is 35.9 Å². The molecule has 0 radical (unpaired) electrons. The lowest BCUT2D eigenvalue weighted by Gasteiger charge is -2.27. The van der Waals surface area contributed by atoms with Crippen LogP contribution in [0.3, 0.4) is 0 Å². The Bertz CT molecular complexity index is 368. The van der Waals surface area contributed by atoms with Crippen molar-refractivity contribution >= 4 is 5.91 Å². The van der Waals surface area contributed by atoms with E-state index in [1.165, 1.54) is 37.7 Å². The summed E-state index contributed by atoms with van der Waals surface area (Å²) in [5, 5.41) is 3.10. The number of hydrogen-bond donors (Lipinski definition) is 1. The first-order chi connectivity index (χ1) is 8.75. The van der Waals surface area contributed by atoms with Crippen LogP contribution in [0.2, 0.25) is 0 Å². The van der Waals surface area contributed by atoms with Crippen molar-refractivity contribution in [2.45, 2.75) is 51.5 Å². The smallest absolute Gasteiger partial charge is 0.217 e. The Morgan fingerprint density at radius 2 is 1.89 bits per heavy atom. The van der Waals surface area contributed by atoms with Crippen LogP contribution in [-0.4, -0.2) is 5.91 Å². The molecule has 1 aromatic rings. The monoisotopic (exact) mass is 245 g/mol. The minimum atomic E-state index is 0.0691. The maximum absolute atomic E-state index is 11.4. The average Bonchev–Trinajstić information content (AvgIpc) is 2.40. The Morgan fingerprint density at radius 1 is 1.22 bits per heavy atom. The van der Waals surface area contributed by atoms with Gasteiger partial charge in [-0.05, 0) is 17.9 Å². The van der Waals surface area contributed by atoms with E-state index in [1.54, 1.807) is 6.92 Å². The van der Waals surface area contributed by atoms with Gasteiger partial charge in [0.05, 0.1) is 6.04 Å². The molecular formula is C16H23NO. The highest BCUT2D eigenvalue weighted by atomic mass is 16.1. The molecule has 0 saturated heterocycles. The summed E-state index contributed by atoms with van der Waals surface area (Å²) in [5.41, 5.74) is 1.23. The van der Waals surface area contributed by atoms with Gasteiger partial charge in [-0.1, -0.05) is 62.4 Å². The van der Waals surface area contributed by atoms with Gasteiger partial charge in [0, 0.05) is 6.92 Å². The molecule has 0 aromatic heterocycles. The number of carbonyl (C=O) groups is 1. The standard InChI is InChI=1S/C16H23NO/c1-13(18)17-16(15-10-6-3-7-11-15)12-14-8-4-2-5-9-14/h3,6-7,10-11,14,16H,2,4-5,8-9,12H2,1H3,(H,17,18). The van der Waals surface area contributed by atoms with Crippen LogP contribution in [0.5, 0.6) is 0 Å². The summed E-state index contributed by atoms with van der Waals surface area (Å²) in [6, 6.07) is 10.5. The predicted molar refractivity (Wildman–Crippen MR) is 74.2 cm³/mol. The van der Waals surface area contributed by atoms with Gasteiger partial charge in [0.1, 0.15) is 0 Å². The van der Waals surface area contributed by atoms with Gasteiger partial charge < -0.3 is 5.32 Å². The third-order valence-corrected chi connectivity index (χ3v) is 3.87. The highest BCUT2D eigenvalue weighted by Crippen LogP contribution is 2.31. The number of carbonyl (C=O) groups excluding carboxylic acids is 1.